The van der Waals surface area contributed by atoms with E-state index in [9.17, 15) is 10.2 Å². The van der Waals surface area contributed by atoms with Crippen molar-refractivity contribution in [3.8, 4) is 39.8 Å². The Balaban J connectivity index is 1.51. The molecule has 5 aromatic carbocycles. The molecule has 0 spiro atoms. The number of aromatic nitrogens is 4. The Morgan fingerprint density at radius 1 is 0.679 bits per heavy atom. The van der Waals surface area contributed by atoms with E-state index in [4.69, 9.17) is 14.2 Å². The van der Waals surface area contributed by atoms with Crippen LogP contribution in [0.4, 0.5) is 0 Å². The summed E-state index contributed by atoms with van der Waals surface area (Å²) in [6.45, 7) is -0.0377. The van der Waals surface area contributed by atoms with Gasteiger partial charge >= 0.3 is 0 Å². The van der Waals surface area contributed by atoms with Gasteiger partial charge in [-0.25, -0.2) is 13.1 Å². The van der Waals surface area contributed by atoms with Gasteiger partial charge in [0.05, 0.1) is 46.0 Å². The maximum atomic E-state index is 15.2. The molecule has 2 N–H and O–H groups in total. The summed E-state index contributed by atoms with van der Waals surface area (Å²) in [7, 11) is 0.494. The van der Waals surface area contributed by atoms with Gasteiger partial charge in [-0.15, -0.1) is 5.10 Å². The van der Waals surface area contributed by atoms with E-state index in [1.807, 2.05) is 78.9 Å². The summed E-state index contributed by atoms with van der Waals surface area (Å²) in [6, 6.07) is 34.5. The smallest absolute Gasteiger partial charge is 0.244 e. The first kappa shape index (κ1) is 37.2. The van der Waals surface area contributed by atoms with Crippen LogP contribution in [-0.2, 0) is 29.7 Å². The van der Waals surface area contributed by atoms with Crippen LogP contribution >= 0.6 is 0 Å². The number of rotatable bonds is 16. The van der Waals surface area contributed by atoms with Gasteiger partial charge in [0, 0.05) is 24.6 Å². The third-order valence-electron chi connectivity index (χ3n) is 9.06. The van der Waals surface area contributed by atoms with Crippen molar-refractivity contribution >= 4 is 10.0 Å². The van der Waals surface area contributed by atoms with Crippen molar-refractivity contribution in [2.24, 2.45) is 0 Å². The summed E-state index contributed by atoms with van der Waals surface area (Å²) in [5.41, 5.74) is 4.77. The van der Waals surface area contributed by atoms with Crippen LogP contribution < -0.4 is 14.2 Å². The number of aliphatic hydroxyl groups excluding tert-OH is 2. The van der Waals surface area contributed by atoms with E-state index in [1.165, 1.54) is 4.31 Å². The van der Waals surface area contributed by atoms with E-state index in [0.29, 0.717) is 33.9 Å². The van der Waals surface area contributed by atoms with Crippen LogP contribution in [-0.4, -0.2) is 77.7 Å². The van der Waals surface area contributed by atoms with Crippen molar-refractivity contribution in [1.29, 1.82) is 0 Å². The summed E-state index contributed by atoms with van der Waals surface area (Å²) < 4.78 is 49.4. The van der Waals surface area contributed by atoms with Gasteiger partial charge in [0.15, 0.2) is 5.82 Å². The highest BCUT2D eigenvalue weighted by atomic mass is 32.2. The van der Waals surface area contributed by atoms with E-state index in [1.54, 1.807) is 62.4 Å². The fourth-order valence-corrected chi connectivity index (χ4v) is 7.67. The highest BCUT2D eigenvalue weighted by Crippen LogP contribution is 2.39. The van der Waals surface area contributed by atoms with Crippen LogP contribution in [0, 0.1) is 0 Å². The van der Waals surface area contributed by atoms with Gasteiger partial charge < -0.3 is 24.4 Å². The van der Waals surface area contributed by atoms with Gasteiger partial charge in [-0.1, -0.05) is 72.8 Å². The molecule has 0 aliphatic rings. The topological polar surface area (TPSA) is 149 Å². The summed E-state index contributed by atoms with van der Waals surface area (Å²) >= 11 is 0. The van der Waals surface area contributed by atoms with Crippen molar-refractivity contribution < 1.29 is 32.8 Å². The molecule has 0 unspecified atom stereocenters. The second-order valence-electron chi connectivity index (χ2n) is 12.3. The minimum Gasteiger partial charge on any atom is -0.497 e. The van der Waals surface area contributed by atoms with Gasteiger partial charge in [0.2, 0.25) is 10.0 Å². The van der Waals surface area contributed by atoms with Gasteiger partial charge in [0.25, 0.3) is 0 Å². The van der Waals surface area contributed by atoms with Crippen molar-refractivity contribution in [1.82, 2.24) is 24.5 Å². The molecule has 13 heteroatoms. The number of tetrazole rings is 1. The lowest BCUT2D eigenvalue weighted by molar-refractivity contribution is 0.192. The standard InChI is InChI=1S/C40H41N5O7S/c1-50-34-17-7-28(8-18-34)23-44(24-29-9-19-35(51-2)20-10-29)53(48,49)38-6-4-5-37(32-15-13-31(14-16-32)33(26-46)27-47)39(38)40-41-42-43-45(40)25-30-11-21-36(52-3)22-12-30/h4-22,33,46-47H,23-27H2,1-3H3. The maximum Gasteiger partial charge on any atom is 0.244 e. The van der Waals surface area contributed by atoms with E-state index >= 15 is 8.42 Å². The molecule has 274 valence electrons. The first-order valence-electron chi connectivity index (χ1n) is 16.9. The minimum atomic E-state index is -4.26. The Bertz CT molecular complexity index is 2160. The largest absolute Gasteiger partial charge is 0.497 e. The molecule has 12 nitrogen and oxygen atoms in total. The zero-order valence-electron chi connectivity index (χ0n) is 29.7. The fraction of sp³-hybridized carbons (Fsp3) is 0.225. The first-order chi connectivity index (χ1) is 25.8. The molecule has 0 amide bonds. The molecule has 0 saturated carbocycles. The number of hydrogen-bond donors (Lipinski definition) is 2. The zero-order valence-corrected chi connectivity index (χ0v) is 30.5. The van der Waals surface area contributed by atoms with Gasteiger partial charge in [0.1, 0.15) is 17.2 Å². The molecule has 1 aromatic heterocycles. The van der Waals surface area contributed by atoms with Crippen molar-refractivity contribution in [2.75, 3.05) is 34.5 Å². The lowest BCUT2D eigenvalue weighted by atomic mass is 9.95. The summed E-state index contributed by atoms with van der Waals surface area (Å²) in [6.07, 6.45) is 0. The minimum absolute atomic E-state index is 0.0236. The van der Waals surface area contributed by atoms with Crippen LogP contribution in [0.1, 0.15) is 28.2 Å². The van der Waals surface area contributed by atoms with Gasteiger partial charge in [-0.2, -0.15) is 4.31 Å². The van der Waals surface area contributed by atoms with Crippen LogP contribution in [0.3, 0.4) is 0 Å². The predicted molar refractivity (Wildman–Crippen MR) is 200 cm³/mol. The second kappa shape index (κ2) is 16.8. The Morgan fingerprint density at radius 2 is 1.19 bits per heavy atom. The SMILES string of the molecule is COc1ccc(CN(Cc2ccc(OC)cc2)S(=O)(=O)c2cccc(-c3ccc(C(CO)CO)cc3)c2-c2nnnn2Cc2ccc(OC)cc2)cc1. The Labute approximate surface area is 308 Å². The quantitative estimate of drug-likeness (QED) is 0.130. The number of hydrogen-bond acceptors (Lipinski definition) is 10. The first-order valence-corrected chi connectivity index (χ1v) is 18.3. The molecule has 1 heterocycles. The third kappa shape index (κ3) is 8.39. The van der Waals surface area contributed by atoms with Gasteiger partial charge in [-0.05, 0) is 86.3 Å². The lowest BCUT2D eigenvalue weighted by Crippen LogP contribution is -2.31. The van der Waals surface area contributed by atoms with Crippen LogP contribution in [0.5, 0.6) is 17.2 Å². The summed E-state index contributed by atoms with van der Waals surface area (Å²) in [5, 5.41) is 32.3. The second-order valence-corrected chi connectivity index (χ2v) is 14.2. The molecular weight excluding hydrogens is 695 g/mol. The van der Waals surface area contributed by atoms with E-state index in [-0.39, 0.29) is 43.6 Å². The molecule has 0 bridgehead atoms. The molecule has 0 aliphatic carbocycles. The predicted octanol–water partition coefficient (Wildman–Crippen LogP) is 5.54. The number of methoxy groups -OCH3 is 3. The Morgan fingerprint density at radius 3 is 1.68 bits per heavy atom. The molecule has 6 aromatic rings. The van der Waals surface area contributed by atoms with E-state index < -0.39 is 15.9 Å². The van der Waals surface area contributed by atoms with E-state index in [2.05, 4.69) is 15.5 Å². The highest BCUT2D eigenvalue weighted by molar-refractivity contribution is 7.89. The maximum absolute atomic E-state index is 15.2. The molecular formula is C40H41N5O7S. The zero-order chi connectivity index (χ0) is 37.4. The van der Waals surface area contributed by atoms with Crippen molar-refractivity contribution in [3.05, 3.63) is 138 Å². The highest BCUT2D eigenvalue weighted by Gasteiger charge is 2.32. The number of sulfonamides is 1. The molecule has 6 rings (SSSR count). The molecule has 0 aliphatic heterocycles. The van der Waals surface area contributed by atoms with Crippen molar-refractivity contribution in [2.45, 2.75) is 30.4 Å². The third-order valence-corrected chi connectivity index (χ3v) is 10.9. The monoisotopic (exact) mass is 735 g/mol. The normalized spacial score (nSPS) is 11.6. The lowest BCUT2D eigenvalue weighted by Gasteiger charge is -2.25. The Kier molecular flexibility index (Phi) is 11.8. The van der Waals surface area contributed by atoms with Crippen LogP contribution in [0.15, 0.2) is 120 Å². The molecule has 0 fully saturated rings. The number of nitrogens with zero attached hydrogens (tertiary/aromatic N) is 5. The Hall–Kier alpha value is -5.60. The van der Waals surface area contributed by atoms with Crippen LogP contribution in [0.25, 0.3) is 22.5 Å². The molecule has 0 atom stereocenters. The number of aliphatic hydroxyl groups is 2. The summed E-state index contributed by atoms with van der Waals surface area (Å²) in [4.78, 5) is 0.0236. The number of benzene rings is 5. The average molecular weight is 736 g/mol. The number of ether oxygens (including phenoxy) is 3. The summed E-state index contributed by atoms with van der Waals surface area (Å²) in [5.74, 6) is 1.83. The van der Waals surface area contributed by atoms with Gasteiger partial charge in [-0.3, -0.25) is 0 Å². The molecule has 0 radical (unpaired) electrons. The molecule has 53 heavy (non-hydrogen) atoms. The molecule has 0 saturated heterocycles. The average Bonchev–Trinajstić information content (AvgIpc) is 3.66. The fourth-order valence-electron chi connectivity index (χ4n) is 6.05. The van der Waals surface area contributed by atoms with E-state index in [0.717, 1.165) is 22.3 Å². The van der Waals surface area contributed by atoms with Crippen LogP contribution in [0.2, 0.25) is 0 Å². The van der Waals surface area contributed by atoms with Crippen molar-refractivity contribution in [3.63, 3.8) is 0 Å².